The molecule has 0 aromatic rings. The summed E-state index contributed by atoms with van der Waals surface area (Å²) >= 11 is 0. The molecule has 9 heteroatoms. The zero-order valence-corrected chi connectivity index (χ0v) is 8.19. The van der Waals surface area contributed by atoms with Crippen LogP contribution in [0.5, 0.6) is 0 Å². The third-order valence-corrected chi connectivity index (χ3v) is 1.74. The van der Waals surface area contributed by atoms with E-state index in [1.807, 2.05) is 0 Å². The van der Waals surface area contributed by atoms with Crippen LogP contribution in [0.3, 0.4) is 0 Å². The smallest absolute Gasteiger partial charge is 0.344 e. The summed E-state index contributed by atoms with van der Waals surface area (Å²) in [5.41, 5.74) is 4.93. The first-order chi connectivity index (χ1) is 7.01. The summed E-state index contributed by atoms with van der Waals surface area (Å²) in [4.78, 5) is 11.3. The first kappa shape index (κ1) is 15.0. The summed E-state index contributed by atoms with van der Waals surface area (Å²) in [6.07, 6.45) is -11.3. The maximum atomic E-state index is 12.1. The van der Waals surface area contributed by atoms with Crippen LogP contribution in [-0.2, 0) is 4.79 Å². The Morgan fingerprint density at radius 1 is 1.19 bits per heavy atom. The van der Waals surface area contributed by atoms with Gasteiger partial charge in [0.2, 0.25) is 11.8 Å². The first-order valence-electron chi connectivity index (χ1n) is 4.10. The molecular formula is C7H10F6N2O. The Labute approximate surface area is 87.2 Å². The molecule has 96 valence electrons. The summed E-state index contributed by atoms with van der Waals surface area (Å²) in [5, 5.41) is 0. The third kappa shape index (κ3) is 3.87. The van der Waals surface area contributed by atoms with Gasteiger partial charge in [-0.25, -0.2) is 0 Å². The van der Waals surface area contributed by atoms with E-state index in [4.69, 9.17) is 5.73 Å². The predicted molar refractivity (Wildman–Crippen MR) is 42.3 cm³/mol. The first-order valence-corrected chi connectivity index (χ1v) is 4.10. The second-order valence-corrected chi connectivity index (χ2v) is 3.06. The second kappa shape index (κ2) is 4.89. The Kier molecular flexibility index (Phi) is 4.59. The Bertz CT molecular complexity index is 234. The molecule has 0 bridgehead atoms. The Balaban J connectivity index is 5.00. The van der Waals surface area contributed by atoms with Crippen LogP contribution in [0.25, 0.3) is 0 Å². The number of amides is 1. The number of hydrogen-bond donors (Lipinski definition) is 1. The van der Waals surface area contributed by atoms with Crippen LogP contribution in [0, 0.1) is 5.92 Å². The largest absolute Gasteiger partial charge is 0.409 e. The van der Waals surface area contributed by atoms with Gasteiger partial charge < -0.3 is 10.6 Å². The number of likely N-dealkylation sites (N-methyl/N-ethyl adjacent to an activating group) is 1. The molecule has 0 aromatic carbocycles. The zero-order valence-electron chi connectivity index (χ0n) is 8.19. The van der Waals surface area contributed by atoms with Crippen molar-refractivity contribution in [3.63, 3.8) is 0 Å². The Hall–Kier alpha value is -0.990. The normalized spacial score (nSPS) is 13.1. The SMILES string of the molecule is CN(CCN)C(=O)C(C(F)(F)F)C(F)(F)F. The topological polar surface area (TPSA) is 46.3 Å². The predicted octanol–water partition coefficient (Wildman–Crippen LogP) is 1.14. The van der Waals surface area contributed by atoms with Crippen LogP contribution in [0.4, 0.5) is 26.3 Å². The molecule has 0 saturated heterocycles. The fraction of sp³-hybridized carbons (Fsp3) is 0.857. The molecule has 0 aliphatic rings. The van der Waals surface area contributed by atoms with Gasteiger partial charge in [0.15, 0.2) is 0 Å². The molecule has 16 heavy (non-hydrogen) atoms. The molecule has 0 unspecified atom stereocenters. The highest BCUT2D eigenvalue weighted by molar-refractivity contribution is 5.80. The van der Waals surface area contributed by atoms with E-state index < -0.39 is 24.2 Å². The number of alkyl halides is 6. The average Bonchev–Trinajstić information content (AvgIpc) is 1.98. The van der Waals surface area contributed by atoms with Gasteiger partial charge in [-0.15, -0.1) is 0 Å². The zero-order chi connectivity index (χ0) is 13.1. The summed E-state index contributed by atoms with van der Waals surface area (Å²) in [6, 6.07) is 0. The van der Waals surface area contributed by atoms with Gasteiger partial charge in [-0.05, 0) is 0 Å². The molecule has 3 nitrogen and oxygen atoms in total. The van der Waals surface area contributed by atoms with Crippen LogP contribution in [0.15, 0.2) is 0 Å². The van der Waals surface area contributed by atoms with E-state index in [2.05, 4.69) is 0 Å². The fourth-order valence-electron chi connectivity index (χ4n) is 0.990. The van der Waals surface area contributed by atoms with Gasteiger partial charge in [0.1, 0.15) is 0 Å². The van der Waals surface area contributed by atoms with Crippen LogP contribution in [0.1, 0.15) is 0 Å². The van der Waals surface area contributed by atoms with Crippen molar-refractivity contribution in [1.82, 2.24) is 4.90 Å². The van der Waals surface area contributed by atoms with E-state index in [1.54, 1.807) is 0 Å². The van der Waals surface area contributed by atoms with Gasteiger partial charge in [-0.1, -0.05) is 0 Å². The number of rotatable bonds is 3. The number of nitrogens with zero attached hydrogens (tertiary/aromatic N) is 1. The molecule has 0 atom stereocenters. The summed E-state index contributed by atoms with van der Waals surface area (Å²) in [6.45, 7) is -0.591. The molecule has 0 saturated carbocycles. The van der Waals surface area contributed by atoms with Crippen molar-refractivity contribution in [2.45, 2.75) is 12.4 Å². The minimum Gasteiger partial charge on any atom is -0.344 e. The lowest BCUT2D eigenvalue weighted by molar-refractivity contribution is -0.277. The van der Waals surface area contributed by atoms with Crippen molar-refractivity contribution in [2.75, 3.05) is 20.1 Å². The van der Waals surface area contributed by atoms with Gasteiger partial charge in [-0.2, -0.15) is 26.3 Å². The molecule has 0 fully saturated rings. The number of halogens is 6. The van der Waals surface area contributed by atoms with E-state index in [9.17, 15) is 31.1 Å². The van der Waals surface area contributed by atoms with Crippen LogP contribution in [-0.4, -0.2) is 43.3 Å². The maximum Gasteiger partial charge on any atom is 0.409 e. The van der Waals surface area contributed by atoms with Crippen molar-refractivity contribution >= 4 is 5.91 Å². The fourth-order valence-corrected chi connectivity index (χ4v) is 0.990. The van der Waals surface area contributed by atoms with Crippen LogP contribution in [0.2, 0.25) is 0 Å². The second-order valence-electron chi connectivity index (χ2n) is 3.06. The van der Waals surface area contributed by atoms with Crippen LogP contribution < -0.4 is 5.73 Å². The Morgan fingerprint density at radius 2 is 1.56 bits per heavy atom. The van der Waals surface area contributed by atoms with E-state index in [0.717, 1.165) is 7.05 Å². The minimum absolute atomic E-state index is 0.218. The van der Waals surface area contributed by atoms with Crippen molar-refractivity contribution in [3.8, 4) is 0 Å². The number of carbonyl (C=O) groups is 1. The highest BCUT2D eigenvalue weighted by atomic mass is 19.4. The lowest BCUT2D eigenvalue weighted by Crippen LogP contribution is -2.49. The highest BCUT2D eigenvalue weighted by Crippen LogP contribution is 2.40. The van der Waals surface area contributed by atoms with Crippen molar-refractivity contribution < 1.29 is 31.1 Å². The van der Waals surface area contributed by atoms with Crippen molar-refractivity contribution in [1.29, 1.82) is 0 Å². The van der Waals surface area contributed by atoms with E-state index in [1.165, 1.54) is 0 Å². The van der Waals surface area contributed by atoms with Gasteiger partial charge in [0, 0.05) is 20.1 Å². The maximum absolute atomic E-state index is 12.1. The third-order valence-electron chi connectivity index (χ3n) is 1.74. The standard InChI is InChI=1S/C7H10F6N2O/c1-15(3-2-14)5(16)4(6(8,9)10)7(11,12)13/h4H,2-3,14H2,1H3. The number of nitrogens with two attached hydrogens (primary N) is 1. The molecule has 1 amide bonds. The molecule has 0 rings (SSSR count). The molecule has 0 heterocycles. The molecule has 0 aliphatic carbocycles. The van der Waals surface area contributed by atoms with Crippen molar-refractivity contribution in [2.24, 2.45) is 11.7 Å². The molecule has 2 N–H and O–H groups in total. The van der Waals surface area contributed by atoms with Gasteiger partial charge in [0.25, 0.3) is 0 Å². The molecular weight excluding hydrogens is 242 g/mol. The average molecular weight is 252 g/mol. The van der Waals surface area contributed by atoms with Crippen molar-refractivity contribution in [3.05, 3.63) is 0 Å². The summed E-state index contributed by atoms with van der Waals surface area (Å²) in [5.74, 6) is -6.04. The lowest BCUT2D eigenvalue weighted by atomic mass is 10.1. The molecule has 0 radical (unpaired) electrons. The van der Waals surface area contributed by atoms with Gasteiger partial charge in [-0.3, -0.25) is 4.79 Å². The number of hydrogen-bond acceptors (Lipinski definition) is 2. The minimum atomic E-state index is -5.65. The van der Waals surface area contributed by atoms with E-state index >= 15 is 0 Å². The highest BCUT2D eigenvalue weighted by Gasteiger charge is 2.61. The summed E-state index contributed by atoms with van der Waals surface area (Å²) < 4.78 is 72.4. The Morgan fingerprint density at radius 3 is 1.81 bits per heavy atom. The summed E-state index contributed by atoms with van der Waals surface area (Å²) in [7, 11) is 0.833. The molecule has 0 aromatic heterocycles. The van der Waals surface area contributed by atoms with Gasteiger partial charge in [0.05, 0.1) is 0 Å². The molecule has 0 spiro atoms. The van der Waals surface area contributed by atoms with E-state index in [-0.39, 0.29) is 13.1 Å². The number of carbonyl (C=O) groups excluding carboxylic acids is 1. The molecule has 0 aliphatic heterocycles. The van der Waals surface area contributed by atoms with Gasteiger partial charge >= 0.3 is 12.4 Å². The lowest BCUT2D eigenvalue weighted by Gasteiger charge is -2.26. The monoisotopic (exact) mass is 252 g/mol. The van der Waals surface area contributed by atoms with E-state index in [0.29, 0.717) is 4.90 Å². The quantitative estimate of drug-likeness (QED) is 0.766. The van der Waals surface area contributed by atoms with Crippen LogP contribution >= 0.6 is 0 Å².